The molecule has 0 fully saturated rings. The number of nitrogens with zero attached hydrogens (tertiary/aromatic N) is 1. The van der Waals surface area contributed by atoms with Crippen LogP contribution in [0.2, 0.25) is 0 Å². The molecule has 0 saturated heterocycles. The molecular formula is C13H19NO. The van der Waals surface area contributed by atoms with Gasteiger partial charge in [-0.05, 0) is 25.0 Å². The van der Waals surface area contributed by atoms with Crippen molar-refractivity contribution in [1.82, 2.24) is 0 Å². The van der Waals surface area contributed by atoms with Gasteiger partial charge in [-0.1, -0.05) is 26.0 Å². The molecule has 15 heavy (non-hydrogen) atoms. The van der Waals surface area contributed by atoms with Crippen LogP contribution in [0, 0.1) is 0 Å². The van der Waals surface area contributed by atoms with Crippen molar-refractivity contribution in [3.05, 3.63) is 29.8 Å². The molecule has 0 heterocycles. The predicted octanol–water partition coefficient (Wildman–Crippen LogP) is 3.13. The van der Waals surface area contributed by atoms with Crippen LogP contribution in [-0.2, 0) is 0 Å². The second kappa shape index (κ2) is 6.23. The van der Waals surface area contributed by atoms with Gasteiger partial charge in [0.1, 0.15) is 6.29 Å². The van der Waals surface area contributed by atoms with Gasteiger partial charge in [0.05, 0.1) is 0 Å². The Morgan fingerprint density at radius 3 is 2.40 bits per heavy atom. The minimum absolute atomic E-state index is 0.754. The largest absolute Gasteiger partial charge is 0.372 e. The van der Waals surface area contributed by atoms with E-state index in [0.29, 0.717) is 0 Å². The van der Waals surface area contributed by atoms with Crippen LogP contribution in [0.15, 0.2) is 24.3 Å². The van der Waals surface area contributed by atoms with Crippen molar-refractivity contribution in [3.8, 4) is 0 Å². The standard InChI is InChI=1S/C13H19NO/c1-3-8-14(9-4-2)13-7-5-6-12(10-13)11-15/h5-7,10-11H,3-4,8-9H2,1-2H3. The van der Waals surface area contributed by atoms with Gasteiger partial charge in [-0.3, -0.25) is 4.79 Å². The SMILES string of the molecule is CCCN(CCC)c1cccc(C=O)c1. The normalized spacial score (nSPS) is 10.0. The summed E-state index contributed by atoms with van der Waals surface area (Å²) < 4.78 is 0. The van der Waals surface area contributed by atoms with Gasteiger partial charge in [-0.25, -0.2) is 0 Å². The quantitative estimate of drug-likeness (QED) is 0.665. The summed E-state index contributed by atoms with van der Waals surface area (Å²) in [7, 11) is 0. The number of anilines is 1. The van der Waals surface area contributed by atoms with Crippen molar-refractivity contribution in [3.63, 3.8) is 0 Å². The Bertz CT molecular complexity index is 303. The van der Waals surface area contributed by atoms with Crippen molar-refractivity contribution in [1.29, 1.82) is 0 Å². The molecule has 0 N–H and O–H groups in total. The number of aldehydes is 1. The number of hydrogen-bond acceptors (Lipinski definition) is 2. The third-order valence-electron chi connectivity index (χ3n) is 2.36. The van der Waals surface area contributed by atoms with Crippen LogP contribution in [-0.4, -0.2) is 19.4 Å². The summed E-state index contributed by atoms with van der Waals surface area (Å²) >= 11 is 0. The summed E-state index contributed by atoms with van der Waals surface area (Å²) in [4.78, 5) is 13.0. The summed E-state index contributed by atoms with van der Waals surface area (Å²) in [5.74, 6) is 0. The van der Waals surface area contributed by atoms with Gasteiger partial charge >= 0.3 is 0 Å². The first kappa shape index (κ1) is 11.8. The highest BCUT2D eigenvalue weighted by atomic mass is 16.1. The van der Waals surface area contributed by atoms with E-state index in [0.717, 1.165) is 43.5 Å². The molecule has 2 heteroatoms. The van der Waals surface area contributed by atoms with Crippen LogP contribution in [0.4, 0.5) is 5.69 Å². The molecular weight excluding hydrogens is 186 g/mol. The van der Waals surface area contributed by atoms with Crippen LogP contribution >= 0.6 is 0 Å². The van der Waals surface area contributed by atoms with E-state index in [1.54, 1.807) is 0 Å². The summed E-state index contributed by atoms with van der Waals surface area (Å²) in [6.07, 6.45) is 3.16. The molecule has 0 aliphatic carbocycles. The maximum absolute atomic E-state index is 10.7. The van der Waals surface area contributed by atoms with Crippen molar-refractivity contribution in [2.75, 3.05) is 18.0 Å². The molecule has 1 aromatic rings. The molecule has 2 nitrogen and oxygen atoms in total. The van der Waals surface area contributed by atoms with Gasteiger partial charge < -0.3 is 4.90 Å². The first-order valence-electron chi connectivity index (χ1n) is 5.62. The highest BCUT2D eigenvalue weighted by Crippen LogP contribution is 2.16. The second-order valence-electron chi connectivity index (χ2n) is 3.70. The van der Waals surface area contributed by atoms with E-state index < -0.39 is 0 Å². The summed E-state index contributed by atoms with van der Waals surface area (Å²) in [6, 6.07) is 7.81. The average Bonchev–Trinajstić information content (AvgIpc) is 2.29. The van der Waals surface area contributed by atoms with Crippen LogP contribution in [0.1, 0.15) is 37.0 Å². The van der Waals surface area contributed by atoms with E-state index in [9.17, 15) is 4.79 Å². The molecule has 1 aromatic carbocycles. The van der Waals surface area contributed by atoms with Crippen LogP contribution in [0.25, 0.3) is 0 Å². The maximum Gasteiger partial charge on any atom is 0.150 e. The molecule has 0 spiro atoms. The Hall–Kier alpha value is -1.31. The van der Waals surface area contributed by atoms with E-state index in [1.807, 2.05) is 18.2 Å². The molecule has 0 bridgehead atoms. The number of benzene rings is 1. The highest BCUT2D eigenvalue weighted by Gasteiger charge is 2.04. The van der Waals surface area contributed by atoms with Crippen molar-refractivity contribution in [2.45, 2.75) is 26.7 Å². The van der Waals surface area contributed by atoms with Gasteiger partial charge in [-0.2, -0.15) is 0 Å². The van der Waals surface area contributed by atoms with Gasteiger partial charge in [0.2, 0.25) is 0 Å². The number of rotatable bonds is 6. The van der Waals surface area contributed by atoms with E-state index in [1.165, 1.54) is 0 Å². The predicted molar refractivity (Wildman–Crippen MR) is 64.6 cm³/mol. The summed E-state index contributed by atoms with van der Waals surface area (Å²) in [5, 5.41) is 0. The number of carbonyl (C=O) groups is 1. The Labute approximate surface area is 91.9 Å². The topological polar surface area (TPSA) is 20.3 Å². The maximum atomic E-state index is 10.7. The first-order chi connectivity index (χ1) is 7.31. The molecule has 0 aliphatic heterocycles. The molecule has 1 rings (SSSR count). The molecule has 0 radical (unpaired) electrons. The third kappa shape index (κ3) is 3.39. The fourth-order valence-corrected chi connectivity index (χ4v) is 1.70. The molecule has 0 amide bonds. The highest BCUT2D eigenvalue weighted by molar-refractivity contribution is 5.77. The van der Waals surface area contributed by atoms with Gasteiger partial charge in [0.15, 0.2) is 0 Å². The number of carbonyl (C=O) groups excluding carboxylic acids is 1. The molecule has 0 aromatic heterocycles. The zero-order chi connectivity index (χ0) is 11.1. The third-order valence-corrected chi connectivity index (χ3v) is 2.36. The Morgan fingerprint density at radius 1 is 1.20 bits per heavy atom. The minimum atomic E-state index is 0.754. The van der Waals surface area contributed by atoms with Crippen molar-refractivity contribution < 1.29 is 4.79 Å². The Morgan fingerprint density at radius 2 is 1.87 bits per heavy atom. The zero-order valence-corrected chi connectivity index (χ0v) is 9.57. The lowest BCUT2D eigenvalue weighted by Crippen LogP contribution is -2.24. The van der Waals surface area contributed by atoms with Gasteiger partial charge in [0.25, 0.3) is 0 Å². The molecule has 0 unspecified atom stereocenters. The van der Waals surface area contributed by atoms with Crippen LogP contribution in [0.5, 0.6) is 0 Å². The van der Waals surface area contributed by atoms with E-state index in [4.69, 9.17) is 0 Å². The molecule has 0 atom stereocenters. The van der Waals surface area contributed by atoms with E-state index >= 15 is 0 Å². The Balaban J connectivity index is 2.83. The van der Waals surface area contributed by atoms with Crippen molar-refractivity contribution in [2.24, 2.45) is 0 Å². The van der Waals surface area contributed by atoms with E-state index in [-0.39, 0.29) is 0 Å². The fraction of sp³-hybridized carbons (Fsp3) is 0.462. The monoisotopic (exact) mass is 205 g/mol. The average molecular weight is 205 g/mol. The summed E-state index contributed by atoms with van der Waals surface area (Å²) in [6.45, 7) is 6.45. The van der Waals surface area contributed by atoms with Crippen LogP contribution < -0.4 is 4.90 Å². The lowest BCUT2D eigenvalue weighted by molar-refractivity contribution is 0.112. The summed E-state index contributed by atoms with van der Waals surface area (Å²) in [5.41, 5.74) is 1.91. The van der Waals surface area contributed by atoms with Gasteiger partial charge in [-0.15, -0.1) is 0 Å². The van der Waals surface area contributed by atoms with Crippen LogP contribution in [0.3, 0.4) is 0 Å². The lowest BCUT2D eigenvalue weighted by atomic mass is 10.2. The number of hydrogen-bond donors (Lipinski definition) is 0. The molecule has 82 valence electrons. The Kier molecular flexibility index (Phi) is 4.88. The minimum Gasteiger partial charge on any atom is -0.372 e. The smallest absolute Gasteiger partial charge is 0.150 e. The van der Waals surface area contributed by atoms with E-state index in [2.05, 4.69) is 24.8 Å². The lowest BCUT2D eigenvalue weighted by Gasteiger charge is -2.23. The first-order valence-corrected chi connectivity index (χ1v) is 5.62. The molecule has 0 saturated carbocycles. The van der Waals surface area contributed by atoms with Crippen molar-refractivity contribution >= 4 is 12.0 Å². The zero-order valence-electron chi connectivity index (χ0n) is 9.57. The van der Waals surface area contributed by atoms with Gasteiger partial charge in [0, 0.05) is 24.3 Å². The fourth-order valence-electron chi connectivity index (χ4n) is 1.70. The second-order valence-corrected chi connectivity index (χ2v) is 3.70. The molecule has 0 aliphatic rings.